The molecule has 4 rings (SSSR count). The molecule has 4 amide bonds. The first-order chi connectivity index (χ1) is 14.5. The summed E-state index contributed by atoms with van der Waals surface area (Å²) in [4.78, 5) is 53.3. The van der Waals surface area contributed by atoms with Crippen molar-refractivity contribution in [2.24, 2.45) is 0 Å². The number of rotatable bonds is 4. The minimum absolute atomic E-state index is 0.0173. The van der Waals surface area contributed by atoms with Crippen molar-refractivity contribution < 1.29 is 19.2 Å². The normalized spacial score (nSPS) is 17.6. The van der Waals surface area contributed by atoms with Gasteiger partial charge in [0.15, 0.2) is 0 Å². The Balaban J connectivity index is 1.35. The van der Waals surface area contributed by atoms with Crippen LogP contribution >= 0.6 is 0 Å². The van der Waals surface area contributed by atoms with Gasteiger partial charge in [-0.25, -0.2) is 0 Å². The number of hydrogen-bond acceptors (Lipinski definition) is 4. The number of fused-ring (bicyclic) bond motifs is 1. The summed E-state index contributed by atoms with van der Waals surface area (Å²) in [6.07, 6.45) is 1.25. The molecule has 1 N–H and O–H groups in total. The van der Waals surface area contributed by atoms with Crippen LogP contribution in [0.5, 0.6) is 0 Å². The van der Waals surface area contributed by atoms with Gasteiger partial charge in [0.2, 0.25) is 5.91 Å². The molecule has 0 saturated carbocycles. The van der Waals surface area contributed by atoms with E-state index in [1.807, 2.05) is 18.2 Å². The Morgan fingerprint density at radius 2 is 1.43 bits per heavy atom. The topological polar surface area (TPSA) is 86.8 Å². The first kappa shape index (κ1) is 19.8. The third-order valence-corrected chi connectivity index (χ3v) is 5.75. The van der Waals surface area contributed by atoms with E-state index in [-0.39, 0.29) is 17.9 Å². The molecule has 0 aliphatic carbocycles. The fourth-order valence-corrected chi connectivity index (χ4v) is 4.04. The van der Waals surface area contributed by atoms with E-state index in [1.54, 1.807) is 48.2 Å². The molecular weight excluding hydrogens is 382 g/mol. The van der Waals surface area contributed by atoms with Crippen LogP contribution in [-0.4, -0.2) is 58.6 Å². The van der Waals surface area contributed by atoms with Crippen LogP contribution in [0, 0.1) is 0 Å². The Morgan fingerprint density at radius 3 is 2.00 bits per heavy atom. The molecule has 2 aromatic rings. The van der Waals surface area contributed by atoms with Crippen molar-refractivity contribution in [1.82, 2.24) is 15.1 Å². The maximum absolute atomic E-state index is 13.0. The highest BCUT2D eigenvalue weighted by molar-refractivity contribution is 6.22. The highest BCUT2D eigenvalue weighted by atomic mass is 16.2. The quantitative estimate of drug-likeness (QED) is 0.790. The van der Waals surface area contributed by atoms with Gasteiger partial charge >= 0.3 is 0 Å². The zero-order valence-corrected chi connectivity index (χ0v) is 16.7. The molecule has 0 spiro atoms. The summed E-state index contributed by atoms with van der Waals surface area (Å²) >= 11 is 0. The molecule has 2 aliphatic heterocycles. The van der Waals surface area contributed by atoms with Crippen molar-refractivity contribution >= 4 is 23.6 Å². The first-order valence-corrected chi connectivity index (χ1v) is 10.1. The molecule has 2 heterocycles. The van der Waals surface area contributed by atoms with Gasteiger partial charge in [-0.15, -0.1) is 0 Å². The number of imide groups is 1. The SMILES string of the molecule is CC(C(=O)N1CCC(NC(=O)c2ccccc2)CC1)N1C(=O)c2ccccc2C1=O. The summed E-state index contributed by atoms with van der Waals surface area (Å²) in [6.45, 7) is 2.52. The van der Waals surface area contributed by atoms with E-state index in [0.717, 1.165) is 4.90 Å². The number of carbonyl (C=O) groups is 4. The first-order valence-electron chi connectivity index (χ1n) is 10.1. The minimum atomic E-state index is -0.868. The Bertz CT molecular complexity index is 962. The van der Waals surface area contributed by atoms with Crippen LogP contribution in [0.25, 0.3) is 0 Å². The zero-order chi connectivity index (χ0) is 21.3. The number of nitrogens with one attached hydrogen (secondary N) is 1. The van der Waals surface area contributed by atoms with E-state index in [1.165, 1.54) is 0 Å². The molecule has 0 bridgehead atoms. The number of carbonyl (C=O) groups excluding carboxylic acids is 4. The second kappa shape index (κ2) is 8.10. The van der Waals surface area contributed by atoms with Crippen molar-refractivity contribution in [3.8, 4) is 0 Å². The van der Waals surface area contributed by atoms with E-state index < -0.39 is 17.9 Å². The third kappa shape index (κ3) is 3.58. The van der Waals surface area contributed by atoms with E-state index in [4.69, 9.17) is 0 Å². The Kier molecular flexibility index (Phi) is 5.35. The second-order valence-electron chi connectivity index (χ2n) is 7.64. The standard InChI is InChI=1S/C23H23N3O4/c1-15(26-22(29)18-9-5-6-10-19(18)23(26)30)21(28)25-13-11-17(12-14-25)24-20(27)16-7-3-2-4-8-16/h2-10,15,17H,11-14H2,1H3,(H,24,27). The summed E-state index contributed by atoms with van der Waals surface area (Å²) < 4.78 is 0. The summed E-state index contributed by atoms with van der Waals surface area (Å²) in [5, 5.41) is 3.01. The zero-order valence-electron chi connectivity index (χ0n) is 16.7. The minimum Gasteiger partial charge on any atom is -0.349 e. The number of hydrogen-bond donors (Lipinski definition) is 1. The molecule has 154 valence electrons. The van der Waals surface area contributed by atoms with Crippen molar-refractivity contribution in [2.45, 2.75) is 31.8 Å². The number of piperidine rings is 1. The van der Waals surface area contributed by atoms with Crippen molar-refractivity contribution in [3.63, 3.8) is 0 Å². The van der Waals surface area contributed by atoms with Crippen molar-refractivity contribution in [1.29, 1.82) is 0 Å². The summed E-state index contributed by atoms with van der Waals surface area (Å²) in [5.74, 6) is -1.24. The van der Waals surface area contributed by atoms with E-state index in [9.17, 15) is 19.2 Å². The average molecular weight is 405 g/mol. The number of amides is 4. The van der Waals surface area contributed by atoms with Crippen LogP contribution in [0.2, 0.25) is 0 Å². The maximum Gasteiger partial charge on any atom is 0.262 e. The molecular formula is C23H23N3O4. The number of likely N-dealkylation sites (tertiary alicyclic amines) is 1. The smallest absolute Gasteiger partial charge is 0.262 e. The molecule has 1 saturated heterocycles. The van der Waals surface area contributed by atoms with Crippen molar-refractivity contribution in [2.75, 3.05) is 13.1 Å². The fourth-order valence-electron chi connectivity index (χ4n) is 4.04. The lowest BCUT2D eigenvalue weighted by molar-refractivity contribution is -0.136. The highest BCUT2D eigenvalue weighted by Crippen LogP contribution is 2.25. The summed E-state index contributed by atoms with van der Waals surface area (Å²) in [5.41, 5.74) is 1.28. The van der Waals surface area contributed by atoms with Crippen LogP contribution < -0.4 is 5.32 Å². The molecule has 1 atom stereocenters. The third-order valence-electron chi connectivity index (χ3n) is 5.75. The van der Waals surface area contributed by atoms with Gasteiger partial charge in [0.05, 0.1) is 11.1 Å². The van der Waals surface area contributed by atoms with Crippen LogP contribution in [0.1, 0.15) is 50.8 Å². The monoisotopic (exact) mass is 405 g/mol. The summed E-state index contributed by atoms with van der Waals surface area (Å²) in [6, 6.07) is 14.7. The maximum atomic E-state index is 13.0. The second-order valence-corrected chi connectivity index (χ2v) is 7.64. The van der Waals surface area contributed by atoms with E-state index in [0.29, 0.717) is 42.6 Å². The van der Waals surface area contributed by atoms with Gasteiger partial charge in [0.1, 0.15) is 6.04 Å². The molecule has 0 radical (unpaired) electrons. The lowest BCUT2D eigenvalue weighted by Gasteiger charge is -2.35. The van der Waals surface area contributed by atoms with Crippen LogP contribution in [0.3, 0.4) is 0 Å². The lowest BCUT2D eigenvalue weighted by atomic mass is 10.0. The molecule has 0 aromatic heterocycles. The molecule has 30 heavy (non-hydrogen) atoms. The summed E-state index contributed by atoms with van der Waals surface area (Å²) in [7, 11) is 0. The number of nitrogens with zero attached hydrogens (tertiary/aromatic N) is 2. The molecule has 1 fully saturated rings. The molecule has 1 unspecified atom stereocenters. The van der Waals surface area contributed by atoms with Gasteiger partial charge in [-0.3, -0.25) is 24.1 Å². The largest absolute Gasteiger partial charge is 0.349 e. The van der Waals surface area contributed by atoms with Crippen LogP contribution in [0.15, 0.2) is 54.6 Å². The van der Waals surface area contributed by atoms with Gasteiger partial charge in [-0.05, 0) is 44.0 Å². The van der Waals surface area contributed by atoms with Gasteiger partial charge < -0.3 is 10.2 Å². The lowest BCUT2D eigenvalue weighted by Crippen LogP contribution is -2.53. The van der Waals surface area contributed by atoms with Gasteiger partial charge in [-0.2, -0.15) is 0 Å². The van der Waals surface area contributed by atoms with Crippen LogP contribution in [-0.2, 0) is 4.79 Å². The predicted molar refractivity (Wildman–Crippen MR) is 110 cm³/mol. The average Bonchev–Trinajstić information content (AvgIpc) is 3.04. The van der Waals surface area contributed by atoms with E-state index >= 15 is 0 Å². The number of benzene rings is 2. The molecule has 2 aliphatic rings. The van der Waals surface area contributed by atoms with Crippen LogP contribution in [0.4, 0.5) is 0 Å². The van der Waals surface area contributed by atoms with Crippen molar-refractivity contribution in [3.05, 3.63) is 71.3 Å². The van der Waals surface area contributed by atoms with Gasteiger partial charge in [0, 0.05) is 24.7 Å². The molecule has 7 nitrogen and oxygen atoms in total. The highest BCUT2D eigenvalue weighted by Gasteiger charge is 2.42. The van der Waals surface area contributed by atoms with Gasteiger partial charge in [-0.1, -0.05) is 30.3 Å². The molecule has 2 aromatic carbocycles. The Morgan fingerprint density at radius 1 is 0.900 bits per heavy atom. The Labute approximate surface area is 174 Å². The predicted octanol–water partition coefficient (Wildman–Crippen LogP) is 2.09. The Hall–Kier alpha value is -3.48. The van der Waals surface area contributed by atoms with E-state index in [2.05, 4.69) is 5.32 Å². The fraction of sp³-hybridized carbons (Fsp3) is 0.304. The molecule has 7 heteroatoms. The van der Waals surface area contributed by atoms with Gasteiger partial charge in [0.25, 0.3) is 17.7 Å².